The highest BCUT2D eigenvalue weighted by molar-refractivity contribution is 5.77. The third-order valence-electron chi connectivity index (χ3n) is 11.7. The molecular formula is C26H42O5. The van der Waals surface area contributed by atoms with Gasteiger partial charge in [0.05, 0.1) is 18.1 Å². The van der Waals surface area contributed by atoms with Gasteiger partial charge in [0.2, 0.25) is 0 Å². The largest absolute Gasteiger partial charge is 0.462 e. The fourth-order valence-electron chi connectivity index (χ4n) is 10.3. The van der Waals surface area contributed by atoms with E-state index in [-0.39, 0.29) is 52.7 Å². The van der Waals surface area contributed by atoms with Crippen molar-refractivity contribution in [2.45, 2.75) is 97.9 Å². The first-order chi connectivity index (χ1) is 14.4. The summed E-state index contributed by atoms with van der Waals surface area (Å²) in [5.74, 6) is -0.234. The van der Waals surface area contributed by atoms with Gasteiger partial charge in [-0.2, -0.15) is 0 Å². The van der Waals surface area contributed by atoms with Crippen LogP contribution >= 0.6 is 0 Å². The first-order valence-corrected chi connectivity index (χ1v) is 12.6. The lowest BCUT2D eigenvalue weighted by Gasteiger charge is -2.71. The van der Waals surface area contributed by atoms with E-state index in [0.29, 0.717) is 18.8 Å². The molecule has 0 aromatic carbocycles. The molecule has 5 nitrogen and oxygen atoms in total. The minimum atomic E-state index is -0.624. The highest BCUT2D eigenvalue weighted by atomic mass is 16.6. The van der Waals surface area contributed by atoms with Crippen LogP contribution in [-0.2, 0) is 9.53 Å². The van der Waals surface area contributed by atoms with E-state index in [1.807, 2.05) is 6.92 Å². The van der Waals surface area contributed by atoms with Crippen molar-refractivity contribution in [2.75, 3.05) is 6.61 Å². The van der Waals surface area contributed by atoms with Gasteiger partial charge in [0.25, 0.3) is 0 Å². The molecule has 0 spiro atoms. The molecule has 5 rings (SSSR count). The summed E-state index contributed by atoms with van der Waals surface area (Å²) in [5, 5.41) is 33.8. The molecule has 5 heteroatoms. The van der Waals surface area contributed by atoms with Crippen LogP contribution in [0.4, 0.5) is 0 Å². The summed E-state index contributed by atoms with van der Waals surface area (Å²) in [5.41, 5.74) is -0.693. The van der Waals surface area contributed by atoms with Gasteiger partial charge in [0.15, 0.2) is 0 Å². The molecule has 4 aliphatic carbocycles. The minimum Gasteiger partial charge on any atom is -0.462 e. The molecule has 0 bridgehead atoms. The molecule has 5 aliphatic rings. The number of hydrogen-bond donors (Lipinski definition) is 3. The van der Waals surface area contributed by atoms with Crippen molar-refractivity contribution >= 4 is 5.97 Å². The fraction of sp³-hybridized carbons (Fsp3) is 0.962. The number of cyclic esters (lactones) is 1. The van der Waals surface area contributed by atoms with Crippen molar-refractivity contribution in [3.8, 4) is 0 Å². The Balaban J connectivity index is 1.61. The van der Waals surface area contributed by atoms with E-state index in [4.69, 9.17) is 4.74 Å². The zero-order valence-corrected chi connectivity index (χ0v) is 19.9. The smallest absolute Gasteiger partial charge is 0.310 e. The SMILES string of the molecule is CC1OC(=O)C2C1C(O)CC1C3(C)CCC4C(C)(C)CCCC4(CO)C3CC(O)C21C. The summed E-state index contributed by atoms with van der Waals surface area (Å²) >= 11 is 0. The molecule has 3 N–H and O–H groups in total. The van der Waals surface area contributed by atoms with Crippen molar-refractivity contribution in [1.29, 1.82) is 0 Å². The van der Waals surface area contributed by atoms with E-state index in [1.54, 1.807) is 0 Å². The minimum absolute atomic E-state index is 0.0391. The Kier molecular flexibility index (Phi) is 4.79. The van der Waals surface area contributed by atoms with E-state index in [2.05, 4.69) is 27.7 Å². The van der Waals surface area contributed by atoms with Crippen LogP contribution in [0.15, 0.2) is 0 Å². The Morgan fingerprint density at radius 3 is 2.39 bits per heavy atom. The average molecular weight is 435 g/mol. The predicted molar refractivity (Wildman–Crippen MR) is 117 cm³/mol. The molecule has 4 saturated carbocycles. The summed E-state index contributed by atoms with van der Waals surface area (Å²) in [6.45, 7) is 11.2. The number of carbonyl (C=O) groups excluding carboxylic acids is 1. The molecule has 176 valence electrons. The summed E-state index contributed by atoms with van der Waals surface area (Å²) in [4.78, 5) is 13.0. The molecule has 11 unspecified atom stereocenters. The van der Waals surface area contributed by atoms with Gasteiger partial charge in [-0.05, 0) is 74.0 Å². The lowest BCUT2D eigenvalue weighted by Crippen LogP contribution is -2.70. The second-order valence-electron chi connectivity index (χ2n) is 13.1. The highest BCUT2D eigenvalue weighted by Gasteiger charge is 2.73. The van der Waals surface area contributed by atoms with Gasteiger partial charge < -0.3 is 20.1 Å². The number of ether oxygens (including phenoxy) is 1. The summed E-state index contributed by atoms with van der Waals surface area (Å²) < 4.78 is 5.61. The zero-order valence-electron chi connectivity index (χ0n) is 19.9. The molecule has 0 aromatic rings. The Labute approximate surface area is 186 Å². The Morgan fingerprint density at radius 1 is 1.00 bits per heavy atom. The van der Waals surface area contributed by atoms with Crippen LogP contribution in [0.25, 0.3) is 0 Å². The zero-order chi connectivity index (χ0) is 22.6. The maximum atomic E-state index is 13.0. The van der Waals surface area contributed by atoms with E-state index >= 15 is 0 Å². The normalized spacial score (nSPS) is 57.9. The maximum Gasteiger partial charge on any atom is 0.310 e. The van der Waals surface area contributed by atoms with E-state index < -0.39 is 23.5 Å². The molecule has 11 atom stereocenters. The van der Waals surface area contributed by atoms with Gasteiger partial charge in [0.1, 0.15) is 6.10 Å². The van der Waals surface area contributed by atoms with Gasteiger partial charge in [-0.25, -0.2) is 0 Å². The predicted octanol–water partition coefficient (Wildman–Crippen LogP) is 3.54. The summed E-state index contributed by atoms with van der Waals surface area (Å²) in [6, 6.07) is 0. The first kappa shape index (κ1) is 22.2. The highest BCUT2D eigenvalue weighted by Crippen LogP contribution is 2.74. The Bertz CT molecular complexity index is 765. The number of fused-ring (bicyclic) bond motifs is 7. The number of hydrogen-bond acceptors (Lipinski definition) is 5. The van der Waals surface area contributed by atoms with Crippen LogP contribution in [-0.4, -0.2) is 46.2 Å². The Hall–Kier alpha value is -0.650. The number of esters is 1. The second-order valence-corrected chi connectivity index (χ2v) is 13.1. The van der Waals surface area contributed by atoms with Gasteiger partial charge in [0, 0.05) is 23.4 Å². The molecule has 1 heterocycles. The number of aliphatic hydroxyl groups excluding tert-OH is 3. The Morgan fingerprint density at radius 2 is 1.71 bits per heavy atom. The molecule has 0 amide bonds. The second kappa shape index (κ2) is 6.70. The number of carbonyl (C=O) groups is 1. The molecule has 5 fully saturated rings. The topological polar surface area (TPSA) is 87.0 Å². The average Bonchev–Trinajstić information content (AvgIpc) is 3.00. The van der Waals surface area contributed by atoms with E-state index in [1.165, 1.54) is 6.42 Å². The monoisotopic (exact) mass is 434 g/mol. The standard InChI is InChI=1S/C26H42O5/c1-14-20-15(28)11-17-24(4)10-7-16-23(2,3)8-6-9-26(16,13-27)18(24)12-19(29)25(17,5)21(20)22(30)31-14/h14-21,27-29H,6-13H2,1-5H3. The lowest BCUT2D eigenvalue weighted by atomic mass is 9.33. The van der Waals surface area contributed by atoms with Crippen LogP contribution in [0.3, 0.4) is 0 Å². The third kappa shape index (κ3) is 2.57. The lowest BCUT2D eigenvalue weighted by molar-refractivity contribution is -0.267. The van der Waals surface area contributed by atoms with Gasteiger partial charge >= 0.3 is 5.97 Å². The van der Waals surface area contributed by atoms with Crippen LogP contribution < -0.4 is 0 Å². The maximum absolute atomic E-state index is 13.0. The third-order valence-corrected chi connectivity index (χ3v) is 11.7. The molecule has 1 aliphatic heterocycles. The van der Waals surface area contributed by atoms with Crippen molar-refractivity contribution in [1.82, 2.24) is 0 Å². The van der Waals surface area contributed by atoms with Gasteiger partial charge in [-0.1, -0.05) is 34.1 Å². The molecule has 0 aromatic heterocycles. The van der Waals surface area contributed by atoms with E-state index in [0.717, 1.165) is 25.7 Å². The molecule has 31 heavy (non-hydrogen) atoms. The quantitative estimate of drug-likeness (QED) is 0.550. The number of rotatable bonds is 1. The fourth-order valence-corrected chi connectivity index (χ4v) is 10.3. The van der Waals surface area contributed by atoms with Crippen LogP contribution in [0.2, 0.25) is 0 Å². The molecule has 0 radical (unpaired) electrons. The van der Waals surface area contributed by atoms with E-state index in [9.17, 15) is 20.1 Å². The molecule has 1 saturated heterocycles. The summed E-state index contributed by atoms with van der Waals surface area (Å²) in [7, 11) is 0. The van der Waals surface area contributed by atoms with Gasteiger partial charge in [-0.3, -0.25) is 4.79 Å². The first-order valence-electron chi connectivity index (χ1n) is 12.6. The van der Waals surface area contributed by atoms with Crippen molar-refractivity contribution in [2.24, 2.45) is 51.2 Å². The van der Waals surface area contributed by atoms with Crippen LogP contribution in [0.1, 0.15) is 79.6 Å². The number of aliphatic hydroxyl groups is 3. The summed E-state index contributed by atoms with van der Waals surface area (Å²) in [6.07, 6.45) is 5.17. The van der Waals surface area contributed by atoms with Crippen LogP contribution in [0, 0.1) is 51.2 Å². The van der Waals surface area contributed by atoms with Crippen molar-refractivity contribution in [3.63, 3.8) is 0 Å². The van der Waals surface area contributed by atoms with Crippen LogP contribution in [0.5, 0.6) is 0 Å². The van der Waals surface area contributed by atoms with Gasteiger partial charge in [-0.15, -0.1) is 0 Å². The van der Waals surface area contributed by atoms with Crippen molar-refractivity contribution in [3.05, 3.63) is 0 Å². The molecular weight excluding hydrogens is 392 g/mol. The van der Waals surface area contributed by atoms with Crippen molar-refractivity contribution < 1.29 is 24.9 Å².